The van der Waals surface area contributed by atoms with Gasteiger partial charge in [0.25, 0.3) is 0 Å². The molecule has 1 heterocycles. The van der Waals surface area contributed by atoms with Gasteiger partial charge < -0.3 is 9.47 Å². The van der Waals surface area contributed by atoms with Crippen LogP contribution in [-0.4, -0.2) is 6.79 Å². The fraction of sp³-hybridized carbons (Fsp3) is 0.167. The fourth-order valence-electron chi connectivity index (χ4n) is 1.84. The molecule has 70 valence electrons. The summed E-state index contributed by atoms with van der Waals surface area (Å²) in [6.07, 6.45) is 5.16. The third-order valence-electron chi connectivity index (χ3n) is 2.54. The molecule has 3 rings (SSSR count). The molecule has 1 aromatic carbocycles. The Hall–Kier alpha value is -1.70. The molecule has 14 heavy (non-hydrogen) atoms. The van der Waals surface area contributed by atoms with Crippen molar-refractivity contribution in [1.82, 2.24) is 0 Å². The third kappa shape index (κ3) is 0.970. The lowest BCUT2D eigenvalue weighted by Gasteiger charge is -2.04. The van der Waals surface area contributed by atoms with E-state index in [1.54, 1.807) is 0 Å². The lowest BCUT2D eigenvalue weighted by atomic mass is 10.0. The van der Waals surface area contributed by atoms with E-state index in [1.807, 2.05) is 6.07 Å². The molecule has 1 aromatic rings. The first kappa shape index (κ1) is 7.68. The normalized spacial score (nSPS) is 17.0. The van der Waals surface area contributed by atoms with E-state index < -0.39 is 0 Å². The third-order valence-corrected chi connectivity index (χ3v) is 2.54. The maximum Gasteiger partial charge on any atom is 0.231 e. The lowest BCUT2D eigenvalue weighted by Crippen LogP contribution is -2.27. The van der Waals surface area contributed by atoms with E-state index in [2.05, 4.69) is 24.8 Å². The Morgan fingerprint density at radius 1 is 1.21 bits per heavy atom. The zero-order valence-corrected chi connectivity index (χ0v) is 7.75. The van der Waals surface area contributed by atoms with Crippen LogP contribution in [0.15, 0.2) is 24.3 Å². The van der Waals surface area contributed by atoms with Gasteiger partial charge in [-0.25, -0.2) is 0 Å². The van der Waals surface area contributed by atoms with Gasteiger partial charge in [-0.05, 0) is 23.8 Å². The van der Waals surface area contributed by atoms with Gasteiger partial charge in [-0.2, -0.15) is 0 Å². The number of fused-ring (bicyclic) bond motifs is 3. The van der Waals surface area contributed by atoms with Crippen molar-refractivity contribution in [2.45, 2.75) is 6.42 Å². The molecule has 2 nitrogen and oxygen atoms in total. The average Bonchev–Trinajstić information content (AvgIpc) is 2.65. The Morgan fingerprint density at radius 2 is 2.14 bits per heavy atom. The van der Waals surface area contributed by atoms with Gasteiger partial charge in [0.2, 0.25) is 6.79 Å². The van der Waals surface area contributed by atoms with Crippen molar-refractivity contribution >= 4 is 12.2 Å². The van der Waals surface area contributed by atoms with Gasteiger partial charge >= 0.3 is 0 Å². The number of hydrogen-bond donors (Lipinski definition) is 0. The minimum Gasteiger partial charge on any atom is -0.454 e. The quantitative estimate of drug-likeness (QED) is 0.600. The maximum absolute atomic E-state index is 5.43. The highest BCUT2D eigenvalue weighted by Gasteiger charge is 2.15. The van der Waals surface area contributed by atoms with Crippen LogP contribution in [-0.2, 0) is 0 Å². The van der Waals surface area contributed by atoms with Crippen molar-refractivity contribution < 1.29 is 9.47 Å². The molecular weight excluding hydrogens is 176 g/mol. The van der Waals surface area contributed by atoms with Gasteiger partial charge in [-0.1, -0.05) is 24.3 Å². The van der Waals surface area contributed by atoms with Crippen LogP contribution in [0.25, 0.3) is 12.2 Å². The molecule has 0 atom stereocenters. The standard InChI is InChI=1S/C12H10O2/c1-8-2-3-9-4-5-11-12(10(9)6-8)14-7-13-11/h3-6H,1-2,7H2. The molecule has 0 fully saturated rings. The second kappa shape index (κ2) is 2.64. The number of rotatable bonds is 0. The number of allylic oxidation sites excluding steroid dienone is 1. The van der Waals surface area contributed by atoms with Crippen LogP contribution in [0, 0.1) is 0 Å². The molecule has 0 aromatic heterocycles. The Kier molecular flexibility index (Phi) is 1.45. The first-order valence-electron chi connectivity index (χ1n) is 4.63. The highest BCUT2D eigenvalue weighted by atomic mass is 16.7. The summed E-state index contributed by atoms with van der Waals surface area (Å²) in [4.78, 5) is 0. The predicted octanol–water partition coefficient (Wildman–Crippen LogP) is 0.936. The van der Waals surface area contributed by atoms with Crippen LogP contribution in [0.2, 0.25) is 0 Å². The van der Waals surface area contributed by atoms with Crippen LogP contribution < -0.4 is 19.9 Å². The van der Waals surface area contributed by atoms with Gasteiger partial charge in [0.05, 0.1) is 0 Å². The van der Waals surface area contributed by atoms with Crippen LogP contribution in [0.5, 0.6) is 11.5 Å². The van der Waals surface area contributed by atoms with Crippen molar-refractivity contribution in [2.75, 3.05) is 6.79 Å². The van der Waals surface area contributed by atoms with Crippen LogP contribution in [0.4, 0.5) is 0 Å². The van der Waals surface area contributed by atoms with Crippen molar-refractivity contribution in [3.8, 4) is 11.5 Å². The van der Waals surface area contributed by atoms with E-state index in [1.165, 1.54) is 5.22 Å². The van der Waals surface area contributed by atoms with E-state index in [0.29, 0.717) is 6.79 Å². The molecule has 0 amide bonds. The summed E-state index contributed by atoms with van der Waals surface area (Å²) in [5.41, 5.74) is 1.11. The predicted molar refractivity (Wildman–Crippen MR) is 54.5 cm³/mol. The van der Waals surface area contributed by atoms with Gasteiger partial charge in [0.15, 0.2) is 11.5 Å². The van der Waals surface area contributed by atoms with E-state index in [4.69, 9.17) is 9.47 Å². The minimum atomic E-state index is 0.325. The smallest absolute Gasteiger partial charge is 0.231 e. The first-order chi connectivity index (χ1) is 6.84. The molecule has 1 aliphatic heterocycles. The summed E-state index contributed by atoms with van der Waals surface area (Å²) in [5.74, 6) is 1.70. The molecule has 2 aliphatic rings. The second-order valence-electron chi connectivity index (χ2n) is 3.51. The van der Waals surface area contributed by atoms with Gasteiger partial charge in [0.1, 0.15) is 0 Å². The van der Waals surface area contributed by atoms with Gasteiger partial charge in [0, 0.05) is 5.22 Å². The second-order valence-corrected chi connectivity index (χ2v) is 3.51. The van der Waals surface area contributed by atoms with E-state index >= 15 is 0 Å². The highest BCUT2D eigenvalue weighted by Crippen LogP contribution is 2.26. The minimum absolute atomic E-state index is 0.325. The monoisotopic (exact) mass is 186 g/mol. The van der Waals surface area contributed by atoms with Crippen molar-refractivity contribution in [2.24, 2.45) is 0 Å². The molecule has 0 bridgehead atoms. The Balaban J connectivity index is 2.42. The van der Waals surface area contributed by atoms with Crippen LogP contribution in [0.3, 0.4) is 0 Å². The molecule has 1 aliphatic carbocycles. The molecular formula is C12H10O2. The van der Waals surface area contributed by atoms with Gasteiger partial charge in [-0.15, -0.1) is 0 Å². The summed E-state index contributed by atoms with van der Waals surface area (Å²) in [5, 5.41) is 2.32. The van der Waals surface area contributed by atoms with Crippen LogP contribution >= 0.6 is 0 Å². The SMILES string of the molecule is C=C1C=c2c3c(ccc2=CC1)OCO3. The van der Waals surface area contributed by atoms with Crippen molar-refractivity contribution in [3.05, 3.63) is 34.7 Å². The molecule has 0 spiro atoms. The van der Waals surface area contributed by atoms with Gasteiger partial charge in [-0.3, -0.25) is 0 Å². The summed E-state index contributed by atoms with van der Waals surface area (Å²) in [7, 11) is 0. The Morgan fingerprint density at radius 3 is 3.07 bits per heavy atom. The topological polar surface area (TPSA) is 18.5 Å². The van der Waals surface area contributed by atoms with Crippen molar-refractivity contribution in [1.29, 1.82) is 0 Å². The molecule has 0 radical (unpaired) electrons. The highest BCUT2D eigenvalue weighted by molar-refractivity contribution is 5.60. The molecule has 0 N–H and O–H groups in total. The van der Waals surface area contributed by atoms with E-state index in [9.17, 15) is 0 Å². The molecule has 0 unspecified atom stereocenters. The summed E-state index contributed by atoms with van der Waals surface area (Å²) in [6, 6.07) is 4.02. The Bertz CT molecular complexity index is 526. The number of ether oxygens (including phenoxy) is 2. The van der Waals surface area contributed by atoms with Crippen LogP contribution in [0.1, 0.15) is 6.42 Å². The van der Waals surface area contributed by atoms with E-state index in [-0.39, 0.29) is 0 Å². The average molecular weight is 186 g/mol. The molecule has 2 heteroatoms. The number of benzene rings is 1. The summed E-state index contributed by atoms with van der Waals surface area (Å²) in [6.45, 7) is 4.28. The Labute approximate surface area is 81.8 Å². The largest absolute Gasteiger partial charge is 0.454 e. The molecule has 0 saturated carbocycles. The molecule has 0 saturated heterocycles. The maximum atomic E-state index is 5.43. The lowest BCUT2D eigenvalue weighted by molar-refractivity contribution is 0.173. The van der Waals surface area contributed by atoms with E-state index in [0.717, 1.165) is 28.7 Å². The first-order valence-corrected chi connectivity index (χ1v) is 4.63. The summed E-state index contributed by atoms with van der Waals surface area (Å²) >= 11 is 0. The number of hydrogen-bond acceptors (Lipinski definition) is 2. The fourth-order valence-corrected chi connectivity index (χ4v) is 1.84. The summed E-state index contributed by atoms with van der Waals surface area (Å²) < 4.78 is 10.7. The zero-order chi connectivity index (χ0) is 9.54. The zero-order valence-electron chi connectivity index (χ0n) is 7.75. The van der Waals surface area contributed by atoms with Crippen molar-refractivity contribution in [3.63, 3.8) is 0 Å².